The minimum atomic E-state index is -3.74. The third-order valence-corrected chi connectivity index (χ3v) is 5.48. The fourth-order valence-electron chi connectivity index (χ4n) is 3.01. The SMILES string of the molecule is C/C(=N\NC(=O)CCC(=O)c1ccc2c(c1)OC(F)(F)O2)c1csc2ccccc12. The summed E-state index contributed by atoms with van der Waals surface area (Å²) in [5.41, 5.74) is 4.20. The molecule has 0 bridgehead atoms. The van der Waals surface area contributed by atoms with Crippen molar-refractivity contribution in [2.75, 3.05) is 0 Å². The van der Waals surface area contributed by atoms with Gasteiger partial charge in [0.25, 0.3) is 0 Å². The van der Waals surface area contributed by atoms with Gasteiger partial charge in [0.15, 0.2) is 17.3 Å². The van der Waals surface area contributed by atoms with E-state index in [1.807, 2.05) is 29.6 Å². The molecule has 1 aliphatic heterocycles. The number of amides is 1. The van der Waals surface area contributed by atoms with Crippen LogP contribution in [-0.4, -0.2) is 23.7 Å². The molecule has 154 valence electrons. The summed E-state index contributed by atoms with van der Waals surface area (Å²) in [7, 11) is 0. The van der Waals surface area contributed by atoms with Gasteiger partial charge in [-0.05, 0) is 31.2 Å². The molecule has 1 amide bonds. The number of rotatable bonds is 6. The standard InChI is InChI=1S/C21H16F2N2O4S/c1-12(15-11-30-19-5-3-2-4-14(15)19)24-25-20(27)9-7-16(26)13-6-8-17-18(10-13)29-21(22,23)28-17/h2-6,8,10-11H,7,9H2,1H3,(H,25,27)/b24-12+. The van der Waals surface area contributed by atoms with Gasteiger partial charge in [-0.1, -0.05) is 18.2 Å². The molecule has 3 aromatic rings. The molecule has 0 saturated heterocycles. The predicted octanol–water partition coefficient (Wildman–Crippen LogP) is 4.73. The van der Waals surface area contributed by atoms with Crippen molar-refractivity contribution >= 4 is 38.8 Å². The highest BCUT2D eigenvalue weighted by atomic mass is 32.1. The summed E-state index contributed by atoms with van der Waals surface area (Å²) < 4.78 is 35.9. The van der Waals surface area contributed by atoms with Crippen molar-refractivity contribution < 1.29 is 27.8 Å². The number of ether oxygens (including phenoxy) is 2. The van der Waals surface area contributed by atoms with E-state index in [1.54, 1.807) is 18.3 Å². The first kappa shape index (κ1) is 20.0. The molecular formula is C21H16F2N2O4S. The number of benzene rings is 2. The van der Waals surface area contributed by atoms with E-state index in [-0.39, 0.29) is 35.7 Å². The molecule has 6 nitrogen and oxygen atoms in total. The van der Waals surface area contributed by atoms with Gasteiger partial charge in [-0.3, -0.25) is 9.59 Å². The molecule has 9 heteroatoms. The van der Waals surface area contributed by atoms with Crippen LogP contribution in [0.15, 0.2) is 52.9 Å². The second-order valence-electron chi connectivity index (χ2n) is 6.63. The number of nitrogens with one attached hydrogen (secondary N) is 1. The maximum absolute atomic E-state index is 13.1. The number of alkyl halides is 2. The highest BCUT2D eigenvalue weighted by molar-refractivity contribution is 7.17. The summed E-state index contributed by atoms with van der Waals surface area (Å²) in [6, 6.07) is 11.7. The van der Waals surface area contributed by atoms with E-state index in [1.165, 1.54) is 18.2 Å². The van der Waals surface area contributed by atoms with Crippen molar-refractivity contribution in [1.29, 1.82) is 0 Å². The van der Waals surface area contributed by atoms with E-state index in [9.17, 15) is 18.4 Å². The Morgan fingerprint density at radius 2 is 1.87 bits per heavy atom. The monoisotopic (exact) mass is 430 g/mol. The minimum Gasteiger partial charge on any atom is -0.395 e. The van der Waals surface area contributed by atoms with Gasteiger partial charge in [0.05, 0.1) is 5.71 Å². The second kappa shape index (κ2) is 7.83. The number of halogens is 2. The van der Waals surface area contributed by atoms with E-state index in [4.69, 9.17) is 0 Å². The van der Waals surface area contributed by atoms with E-state index >= 15 is 0 Å². The molecule has 4 rings (SSSR count). The Bertz CT molecular complexity index is 1170. The molecule has 0 spiro atoms. The average molecular weight is 430 g/mol. The molecule has 0 atom stereocenters. The molecule has 1 aliphatic rings. The molecule has 0 saturated carbocycles. The summed E-state index contributed by atoms with van der Waals surface area (Å²) >= 11 is 1.59. The molecule has 2 heterocycles. The number of carbonyl (C=O) groups excluding carboxylic acids is 2. The Kier molecular flexibility index (Phi) is 5.21. The van der Waals surface area contributed by atoms with Gasteiger partial charge in [-0.15, -0.1) is 20.1 Å². The fourth-order valence-corrected chi connectivity index (χ4v) is 4.02. The van der Waals surface area contributed by atoms with Crippen molar-refractivity contribution in [3.05, 3.63) is 59.0 Å². The van der Waals surface area contributed by atoms with Gasteiger partial charge in [0.1, 0.15) is 0 Å². The fraction of sp³-hybridized carbons (Fsp3) is 0.190. The smallest absolute Gasteiger partial charge is 0.395 e. The average Bonchev–Trinajstić information content (AvgIpc) is 3.28. The van der Waals surface area contributed by atoms with Crippen molar-refractivity contribution in [2.24, 2.45) is 5.10 Å². The van der Waals surface area contributed by atoms with Crippen LogP contribution in [-0.2, 0) is 4.79 Å². The normalized spacial score (nSPS) is 14.7. The third-order valence-electron chi connectivity index (χ3n) is 4.52. The molecule has 0 unspecified atom stereocenters. The van der Waals surface area contributed by atoms with Crippen LogP contribution in [0.4, 0.5) is 8.78 Å². The Labute approximate surface area is 174 Å². The zero-order chi connectivity index (χ0) is 21.3. The van der Waals surface area contributed by atoms with Crippen LogP contribution in [0.5, 0.6) is 11.5 Å². The maximum atomic E-state index is 13.1. The Morgan fingerprint density at radius 3 is 2.70 bits per heavy atom. The van der Waals surface area contributed by atoms with E-state index in [0.717, 1.165) is 15.6 Å². The zero-order valence-electron chi connectivity index (χ0n) is 15.8. The Morgan fingerprint density at radius 1 is 1.10 bits per heavy atom. The van der Waals surface area contributed by atoms with Gasteiger partial charge >= 0.3 is 6.29 Å². The zero-order valence-corrected chi connectivity index (χ0v) is 16.6. The largest absolute Gasteiger partial charge is 0.586 e. The molecule has 2 aromatic carbocycles. The molecule has 0 fully saturated rings. The van der Waals surface area contributed by atoms with Gasteiger partial charge in [0.2, 0.25) is 5.91 Å². The first-order valence-corrected chi connectivity index (χ1v) is 9.93. The van der Waals surface area contributed by atoms with Crippen molar-refractivity contribution in [2.45, 2.75) is 26.1 Å². The van der Waals surface area contributed by atoms with Gasteiger partial charge in [-0.25, -0.2) is 5.43 Å². The lowest BCUT2D eigenvalue weighted by Crippen LogP contribution is -2.25. The van der Waals surface area contributed by atoms with Crippen molar-refractivity contribution in [1.82, 2.24) is 5.43 Å². The summed E-state index contributed by atoms with van der Waals surface area (Å²) in [5.74, 6) is -1.15. The quantitative estimate of drug-likeness (QED) is 0.349. The summed E-state index contributed by atoms with van der Waals surface area (Å²) in [6.07, 6.45) is -3.93. The third kappa shape index (κ3) is 4.16. The summed E-state index contributed by atoms with van der Waals surface area (Å²) in [4.78, 5) is 24.4. The number of thiophene rings is 1. The number of hydrogen-bond acceptors (Lipinski definition) is 6. The van der Waals surface area contributed by atoms with Crippen LogP contribution in [0.3, 0.4) is 0 Å². The molecule has 1 N–H and O–H groups in total. The lowest BCUT2D eigenvalue weighted by molar-refractivity contribution is -0.286. The van der Waals surface area contributed by atoms with Gasteiger partial charge < -0.3 is 9.47 Å². The van der Waals surface area contributed by atoms with E-state index in [0.29, 0.717) is 5.71 Å². The molecular weight excluding hydrogens is 414 g/mol. The van der Waals surface area contributed by atoms with Crippen molar-refractivity contribution in [3.63, 3.8) is 0 Å². The summed E-state index contributed by atoms with van der Waals surface area (Å²) in [6.45, 7) is 1.79. The first-order valence-electron chi connectivity index (χ1n) is 9.05. The second-order valence-corrected chi connectivity index (χ2v) is 7.54. The van der Waals surface area contributed by atoms with Crippen LogP contribution in [0.1, 0.15) is 35.7 Å². The van der Waals surface area contributed by atoms with Gasteiger partial charge in [0, 0.05) is 39.4 Å². The van der Waals surface area contributed by atoms with Gasteiger partial charge in [-0.2, -0.15) is 5.10 Å². The van der Waals surface area contributed by atoms with E-state index < -0.39 is 12.2 Å². The van der Waals surface area contributed by atoms with E-state index in [2.05, 4.69) is 20.0 Å². The first-order chi connectivity index (χ1) is 14.3. The number of hydrogen-bond donors (Lipinski definition) is 1. The lowest BCUT2D eigenvalue weighted by Gasteiger charge is -2.04. The van der Waals surface area contributed by atoms with Crippen LogP contribution < -0.4 is 14.9 Å². The lowest BCUT2D eigenvalue weighted by atomic mass is 10.1. The van der Waals surface area contributed by atoms with Crippen LogP contribution in [0.25, 0.3) is 10.1 Å². The summed E-state index contributed by atoms with van der Waals surface area (Å²) in [5, 5.41) is 7.15. The number of nitrogens with zero attached hydrogens (tertiary/aromatic N) is 1. The number of ketones is 1. The number of fused-ring (bicyclic) bond motifs is 2. The van der Waals surface area contributed by atoms with Crippen LogP contribution >= 0.6 is 11.3 Å². The van der Waals surface area contributed by atoms with Crippen LogP contribution in [0.2, 0.25) is 0 Å². The topological polar surface area (TPSA) is 77.0 Å². The Balaban J connectivity index is 1.34. The molecule has 0 radical (unpaired) electrons. The van der Waals surface area contributed by atoms with Crippen molar-refractivity contribution in [3.8, 4) is 11.5 Å². The maximum Gasteiger partial charge on any atom is 0.586 e. The predicted molar refractivity (Wildman–Crippen MR) is 108 cm³/mol. The molecule has 30 heavy (non-hydrogen) atoms. The Hall–Kier alpha value is -3.33. The van der Waals surface area contributed by atoms with Crippen LogP contribution in [0, 0.1) is 0 Å². The number of carbonyl (C=O) groups is 2. The number of hydrazone groups is 1. The highest BCUT2D eigenvalue weighted by Gasteiger charge is 2.43. The molecule has 1 aromatic heterocycles. The number of Topliss-reactive ketones (excluding diaryl/α,β-unsaturated/α-hetero) is 1. The molecule has 0 aliphatic carbocycles. The minimum absolute atomic E-state index is 0.0927. The highest BCUT2D eigenvalue weighted by Crippen LogP contribution is 2.41.